The number of carbonyl (C=O) groups is 1. The Kier molecular flexibility index (Phi) is 6.90. The summed E-state index contributed by atoms with van der Waals surface area (Å²) in [5, 5.41) is 1.82. The molecule has 1 fully saturated rings. The van der Waals surface area contributed by atoms with Crippen LogP contribution >= 0.6 is 0 Å². The molecule has 2 rings (SSSR count). The van der Waals surface area contributed by atoms with Crippen LogP contribution in [0.3, 0.4) is 0 Å². The maximum Gasteiger partial charge on any atom is 0.471 e. The molecular weight excluding hydrogens is 321 g/mol. The van der Waals surface area contributed by atoms with Crippen LogP contribution in [0.15, 0.2) is 24.3 Å². The van der Waals surface area contributed by atoms with Crippen molar-refractivity contribution in [3.63, 3.8) is 0 Å². The number of amides is 1. The molecule has 0 radical (unpaired) electrons. The van der Waals surface area contributed by atoms with E-state index in [-0.39, 0.29) is 13.2 Å². The average Bonchev–Trinajstić information content (AvgIpc) is 2.55. The highest BCUT2D eigenvalue weighted by atomic mass is 19.4. The molecule has 1 aliphatic heterocycles. The highest BCUT2D eigenvalue weighted by Crippen LogP contribution is 2.18. The summed E-state index contributed by atoms with van der Waals surface area (Å²) in [6, 6.07) is 7.75. The van der Waals surface area contributed by atoms with E-state index in [0.717, 1.165) is 19.6 Å². The number of piperidine rings is 1. The molecule has 134 valence electrons. The van der Waals surface area contributed by atoms with Gasteiger partial charge in [-0.05, 0) is 50.0 Å². The third kappa shape index (κ3) is 6.39. The summed E-state index contributed by atoms with van der Waals surface area (Å²) in [6.07, 6.45) is -0.744. The van der Waals surface area contributed by atoms with Crippen molar-refractivity contribution in [1.29, 1.82) is 0 Å². The molecule has 1 aromatic rings. The Balaban J connectivity index is 1.69. The van der Waals surface area contributed by atoms with Crippen molar-refractivity contribution in [2.24, 2.45) is 0 Å². The Morgan fingerprint density at radius 3 is 2.67 bits per heavy atom. The van der Waals surface area contributed by atoms with Crippen molar-refractivity contribution in [3.05, 3.63) is 29.8 Å². The third-order valence-electron chi connectivity index (χ3n) is 3.89. The van der Waals surface area contributed by atoms with Crippen LogP contribution in [-0.4, -0.2) is 43.2 Å². The first-order valence-corrected chi connectivity index (χ1v) is 8.24. The molecule has 0 spiro atoms. The summed E-state index contributed by atoms with van der Waals surface area (Å²) in [6.45, 7) is 3.31. The molecule has 4 nitrogen and oxygen atoms in total. The molecule has 0 unspecified atom stereocenters. The summed E-state index contributed by atoms with van der Waals surface area (Å²) in [5.74, 6) is -1.21. The minimum atomic E-state index is -4.83. The zero-order chi connectivity index (χ0) is 17.4. The number of likely N-dealkylation sites (tertiary alicyclic amines) is 1. The second-order valence-electron chi connectivity index (χ2n) is 5.94. The summed E-state index contributed by atoms with van der Waals surface area (Å²) >= 11 is 0. The summed E-state index contributed by atoms with van der Waals surface area (Å²) < 4.78 is 41.6. The largest absolute Gasteiger partial charge is 0.494 e. The maximum absolute atomic E-state index is 12.0. The molecule has 0 aromatic heterocycles. The van der Waals surface area contributed by atoms with Crippen molar-refractivity contribution in [3.8, 4) is 5.75 Å². The van der Waals surface area contributed by atoms with Crippen LogP contribution in [0.4, 0.5) is 13.2 Å². The molecule has 0 saturated carbocycles. The van der Waals surface area contributed by atoms with E-state index in [1.807, 2.05) is 29.6 Å². The van der Waals surface area contributed by atoms with Gasteiger partial charge in [0.25, 0.3) is 0 Å². The molecule has 1 amide bonds. The predicted octanol–water partition coefficient (Wildman–Crippen LogP) is 3.12. The first kappa shape index (κ1) is 18.6. The van der Waals surface area contributed by atoms with E-state index in [1.165, 1.54) is 24.8 Å². The normalized spacial score (nSPS) is 16.0. The van der Waals surface area contributed by atoms with Gasteiger partial charge in [0.2, 0.25) is 0 Å². The number of nitrogens with zero attached hydrogens (tertiary/aromatic N) is 1. The zero-order valence-electron chi connectivity index (χ0n) is 13.6. The first-order chi connectivity index (χ1) is 11.4. The number of hydrogen-bond acceptors (Lipinski definition) is 3. The van der Waals surface area contributed by atoms with Crippen LogP contribution in [0.5, 0.6) is 5.75 Å². The molecule has 7 heteroatoms. The predicted molar refractivity (Wildman–Crippen MR) is 84.7 cm³/mol. The zero-order valence-corrected chi connectivity index (χ0v) is 13.6. The fourth-order valence-corrected chi connectivity index (χ4v) is 2.67. The lowest BCUT2D eigenvalue weighted by atomic mass is 10.1. The Bertz CT molecular complexity index is 529. The molecule has 1 heterocycles. The fraction of sp³-hybridized carbons (Fsp3) is 0.588. The number of rotatable bonds is 7. The Morgan fingerprint density at radius 2 is 1.96 bits per heavy atom. The summed E-state index contributed by atoms with van der Waals surface area (Å²) in [4.78, 5) is 13.1. The van der Waals surface area contributed by atoms with E-state index in [4.69, 9.17) is 4.74 Å². The number of alkyl halides is 3. The van der Waals surface area contributed by atoms with Crippen LogP contribution in [0.1, 0.15) is 31.2 Å². The van der Waals surface area contributed by atoms with Gasteiger partial charge in [0.05, 0.1) is 6.61 Å². The van der Waals surface area contributed by atoms with Gasteiger partial charge in [-0.1, -0.05) is 18.6 Å². The number of hydrogen-bond donors (Lipinski definition) is 1. The van der Waals surface area contributed by atoms with Gasteiger partial charge >= 0.3 is 12.1 Å². The van der Waals surface area contributed by atoms with Crippen LogP contribution in [0.25, 0.3) is 0 Å². The molecule has 1 aliphatic rings. The highest BCUT2D eigenvalue weighted by molar-refractivity contribution is 5.81. The molecule has 1 aromatic carbocycles. The van der Waals surface area contributed by atoms with Crippen LogP contribution in [0, 0.1) is 0 Å². The van der Waals surface area contributed by atoms with E-state index in [0.29, 0.717) is 12.2 Å². The smallest absolute Gasteiger partial charge is 0.471 e. The van der Waals surface area contributed by atoms with Gasteiger partial charge in [-0.25, -0.2) is 0 Å². The molecule has 0 atom stereocenters. The van der Waals surface area contributed by atoms with Crippen LogP contribution in [-0.2, 0) is 11.3 Å². The van der Waals surface area contributed by atoms with Crippen LogP contribution in [0.2, 0.25) is 0 Å². The van der Waals surface area contributed by atoms with Gasteiger partial charge < -0.3 is 10.1 Å². The second-order valence-corrected chi connectivity index (χ2v) is 5.94. The average molecular weight is 344 g/mol. The molecule has 0 aliphatic carbocycles. The van der Waals surface area contributed by atoms with Crippen molar-refractivity contribution < 1.29 is 22.7 Å². The quantitative estimate of drug-likeness (QED) is 0.773. The number of benzene rings is 1. The van der Waals surface area contributed by atoms with Crippen LogP contribution < -0.4 is 10.1 Å². The van der Waals surface area contributed by atoms with Gasteiger partial charge in [-0.3, -0.25) is 9.69 Å². The summed E-state index contributed by atoms with van der Waals surface area (Å²) in [5.41, 5.74) is 1.17. The van der Waals surface area contributed by atoms with Gasteiger partial charge in [-0.2, -0.15) is 13.2 Å². The van der Waals surface area contributed by atoms with E-state index < -0.39 is 12.1 Å². The lowest BCUT2D eigenvalue weighted by molar-refractivity contribution is -0.173. The monoisotopic (exact) mass is 344 g/mol. The Hall–Kier alpha value is -1.76. The van der Waals surface area contributed by atoms with Gasteiger partial charge in [0, 0.05) is 13.1 Å². The number of carbonyl (C=O) groups excluding carboxylic acids is 1. The number of nitrogens with one attached hydrogen (secondary N) is 1. The lowest BCUT2D eigenvalue weighted by Gasteiger charge is -2.26. The second kappa shape index (κ2) is 8.92. The number of halogens is 3. The van der Waals surface area contributed by atoms with Crippen molar-refractivity contribution in [1.82, 2.24) is 10.2 Å². The first-order valence-electron chi connectivity index (χ1n) is 8.24. The highest BCUT2D eigenvalue weighted by Gasteiger charge is 2.38. The van der Waals surface area contributed by atoms with Crippen molar-refractivity contribution >= 4 is 5.91 Å². The Labute approximate surface area is 140 Å². The van der Waals surface area contributed by atoms with E-state index in [9.17, 15) is 18.0 Å². The molecule has 0 bridgehead atoms. The summed E-state index contributed by atoms with van der Waals surface area (Å²) in [7, 11) is 0. The van der Waals surface area contributed by atoms with E-state index >= 15 is 0 Å². The molecule has 24 heavy (non-hydrogen) atoms. The molecule has 1 N–H and O–H groups in total. The SMILES string of the molecule is O=C(NCCCOc1cccc(CN2CCCCC2)c1)C(F)(F)F. The lowest BCUT2D eigenvalue weighted by Crippen LogP contribution is -2.37. The minimum absolute atomic E-state index is 0.0637. The van der Waals surface area contributed by atoms with E-state index in [2.05, 4.69) is 4.90 Å². The Morgan fingerprint density at radius 1 is 1.21 bits per heavy atom. The maximum atomic E-state index is 12.0. The van der Waals surface area contributed by atoms with Gasteiger partial charge in [0.15, 0.2) is 0 Å². The van der Waals surface area contributed by atoms with E-state index in [1.54, 1.807) is 0 Å². The van der Waals surface area contributed by atoms with Gasteiger partial charge in [0.1, 0.15) is 5.75 Å². The van der Waals surface area contributed by atoms with Crippen molar-refractivity contribution in [2.75, 3.05) is 26.2 Å². The minimum Gasteiger partial charge on any atom is -0.494 e. The molecule has 1 saturated heterocycles. The topological polar surface area (TPSA) is 41.6 Å². The fourth-order valence-electron chi connectivity index (χ4n) is 2.67. The van der Waals surface area contributed by atoms with Crippen molar-refractivity contribution in [2.45, 2.75) is 38.4 Å². The standard InChI is InChI=1S/C17H23F3N2O2/c18-17(19,20)16(23)21-8-5-11-24-15-7-4-6-14(12-15)13-22-9-2-1-3-10-22/h4,6-7,12H,1-3,5,8-11,13H2,(H,21,23). The number of ether oxygens (including phenoxy) is 1. The molecular formula is C17H23F3N2O2. The third-order valence-corrected chi connectivity index (χ3v) is 3.89. The van der Waals surface area contributed by atoms with Gasteiger partial charge in [-0.15, -0.1) is 0 Å².